The molecule has 5 heteroatoms. The first-order valence-corrected chi connectivity index (χ1v) is 12.0. The van der Waals surface area contributed by atoms with Crippen LogP contribution in [0.3, 0.4) is 0 Å². The third kappa shape index (κ3) is 2.57. The maximum atomic E-state index is 4.53. The SMILES string of the molecule is c1ccc(-n2c3ccccc3c3cc4ccc5c6ccccc6n(-c6ncncn6)c5c4cc32)cc1. The van der Waals surface area contributed by atoms with Crippen LogP contribution < -0.4 is 0 Å². The van der Waals surface area contributed by atoms with Gasteiger partial charge in [0.1, 0.15) is 12.7 Å². The lowest BCUT2D eigenvalue weighted by Crippen LogP contribution is -2.01. The third-order valence-corrected chi connectivity index (χ3v) is 7.14. The molecule has 36 heavy (non-hydrogen) atoms. The number of rotatable bonds is 2. The van der Waals surface area contributed by atoms with E-state index in [-0.39, 0.29) is 0 Å². The van der Waals surface area contributed by atoms with Crippen LogP contribution in [0.15, 0.2) is 116 Å². The van der Waals surface area contributed by atoms with Gasteiger partial charge in [-0.05, 0) is 41.8 Å². The molecule has 0 unspecified atom stereocenters. The Hall–Kier alpha value is -5.03. The average molecular weight is 462 g/mol. The highest BCUT2D eigenvalue weighted by atomic mass is 15.2. The Morgan fingerprint density at radius 1 is 0.472 bits per heavy atom. The van der Waals surface area contributed by atoms with Crippen molar-refractivity contribution in [2.45, 2.75) is 0 Å². The Labute approximate surface area is 205 Å². The number of benzene rings is 5. The normalized spacial score (nSPS) is 11.9. The fraction of sp³-hybridized carbons (Fsp3) is 0. The highest BCUT2D eigenvalue weighted by Gasteiger charge is 2.19. The molecule has 0 saturated carbocycles. The minimum atomic E-state index is 0.618. The van der Waals surface area contributed by atoms with Gasteiger partial charge in [-0.15, -0.1) is 0 Å². The number of para-hydroxylation sites is 3. The van der Waals surface area contributed by atoms with Gasteiger partial charge in [0.05, 0.1) is 22.1 Å². The zero-order valence-electron chi connectivity index (χ0n) is 19.2. The summed E-state index contributed by atoms with van der Waals surface area (Å²) in [5, 5.41) is 7.19. The molecule has 0 aliphatic carbocycles. The summed E-state index contributed by atoms with van der Waals surface area (Å²) in [6.07, 6.45) is 3.11. The van der Waals surface area contributed by atoms with Crippen molar-refractivity contribution in [3.8, 4) is 11.6 Å². The van der Waals surface area contributed by atoms with Crippen LogP contribution in [-0.4, -0.2) is 24.1 Å². The Bertz CT molecular complexity index is 2080. The van der Waals surface area contributed by atoms with Gasteiger partial charge < -0.3 is 4.57 Å². The molecule has 5 nitrogen and oxygen atoms in total. The number of hydrogen-bond acceptors (Lipinski definition) is 3. The number of fused-ring (bicyclic) bond motifs is 8. The highest BCUT2D eigenvalue weighted by Crippen LogP contribution is 2.40. The predicted octanol–water partition coefficient (Wildman–Crippen LogP) is 7.22. The molecule has 0 fully saturated rings. The molecule has 0 bridgehead atoms. The molecule has 0 aliphatic heterocycles. The monoisotopic (exact) mass is 461 g/mol. The number of nitrogens with zero attached hydrogens (tertiary/aromatic N) is 5. The fourth-order valence-electron chi connectivity index (χ4n) is 5.66. The van der Waals surface area contributed by atoms with E-state index >= 15 is 0 Å². The van der Waals surface area contributed by atoms with Crippen LogP contribution in [-0.2, 0) is 0 Å². The van der Waals surface area contributed by atoms with Crippen molar-refractivity contribution in [1.29, 1.82) is 0 Å². The number of aromatic nitrogens is 5. The standard InChI is InChI=1S/C31H19N5/c1-2-8-21(9-3-1)35-27-12-6-5-11-23(27)26-16-20-14-15-24-22-10-4-7-13-28(22)36(31-33-18-32-19-34-31)30(24)25(20)17-29(26)35/h1-19H. The fourth-order valence-corrected chi connectivity index (χ4v) is 5.66. The van der Waals surface area contributed by atoms with Gasteiger partial charge in [0, 0.05) is 32.6 Å². The van der Waals surface area contributed by atoms with Crippen LogP contribution >= 0.6 is 0 Å². The first-order chi connectivity index (χ1) is 17.9. The summed E-state index contributed by atoms with van der Waals surface area (Å²) in [6, 6.07) is 36.8. The Morgan fingerprint density at radius 2 is 1.14 bits per heavy atom. The van der Waals surface area contributed by atoms with Crippen LogP contribution in [0.5, 0.6) is 0 Å². The maximum absolute atomic E-state index is 4.53. The van der Waals surface area contributed by atoms with E-state index in [1.807, 2.05) is 0 Å². The molecule has 8 rings (SSSR count). The first kappa shape index (κ1) is 19.3. The Kier molecular flexibility index (Phi) is 3.88. The maximum Gasteiger partial charge on any atom is 0.237 e. The van der Waals surface area contributed by atoms with Gasteiger partial charge in [-0.1, -0.05) is 66.7 Å². The van der Waals surface area contributed by atoms with Crippen molar-refractivity contribution in [1.82, 2.24) is 24.1 Å². The van der Waals surface area contributed by atoms with E-state index in [0.717, 1.165) is 22.1 Å². The van der Waals surface area contributed by atoms with E-state index in [0.29, 0.717) is 5.95 Å². The van der Waals surface area contributed by atoms with E-state index in [1.54, 1.807) is 12.7 Å². The van der Waals surface area contributed by atoms with Crippen molar-refractivity contribution in [3.05, 3.63) is 116 Å². The van der Waals surface area contributed by atoms with Gasteiger partial charge >= 0.3 is 0 Å². The lowest BCUT2D eigenvalue weighted by Gasteiger charge is -2.10. The summed E-state index contributed by atoms with van der Waals surface area (Å²) >= 11 is 0. The Balaban J connectivity index is 1.61. The average Bonchev–Trinajstić information content (AvgIpc) is 3.46. The topological polar surface area (TPSA) is 48.5 Å². The summed E-state index contributed by atoms with van der Waals surface area (Å²) < 4.78 is 4.52. The molecular formula is C31H19N5. The molecule has 0 aliphatic rings. The molecular weight excluding hydrogens is 442 g/mol. The van der Waals surface area contributed by atoms with E-state index in [1.165, 1.54) is 38.0 Å². The zero-order valence-corrected chi connectivity index (χ0v) is 19.2. The van der Waals surface area contributed by atoms with Gasteiger partial charge in [-0.25, -0.2) is 15.0 Å². The molecule has 0 atom stereocenters. The van der Waals surface area contributed by atoms with Gasteiger partial charge in [-0.2, -0.15) is 0 Å². The van der Waals surface area contributed by atoms with Crippen LogP contribution in [0.25, 0.3) is 66.0 Å². The van der Waals surface area contributed by atoms with Crippen LogP contribution in [0.2, 0.25) is 0 Å². The van der Waals surface area contributed by atoms with E-state index in [2.05, 4.69) is 127 Å². The third-order valence-electron chi connectivity index (χ3n) is 7.14. The van der Waals surface area contributed by atoms with Crippen LogP contribution in [0.1, 0.15) is 0 Å². The molecule has 168 valence electrons. The van der Waals surface area contributed by atoms with Crippen molar-refractivity contribution in [2.24, 2.45) is 0 Å². The second-order valence-corrected chi connectivity index (χ2v) is 9.03. The molecule has 3 aromatic heterocycles. The molecule has 0 spiro atoms. The summed E-state index contributed by atoms with van der Waals surface area (Å²) in [5.74, 6) is 0.618. The van der Waals surface area contributed by atoms with Crippen molar-refractivity contribution in [2.75, 3.05) is 0 Å². The molecule has 3 heterocycles. The quantitative estimate of drug-likeness (QED) is 0.273. The van der Waals surface area contributed by atoms with E-state index < -0.39 is 0 Å². The minimum absolute atomic E-state index is 0.618. The van der Waals surface area contributed by atoms with Crippen molar-refractivity contribution < 1.29 is 0 Å². The summed E-state index contributed by atoms with van der Waals surface area (Å²) in [5.41, 5.74) is 5.70. The van der Waals surface area contributed by atoms with Gasteiger partial charge in [0.25, 0.3) is 0 Å². The number of hydrogen-bond donors (Lipinski definition) is 0. The second kappa shape index (κ2) is 7.23. The summed E-state index contributed by atoms with van der Waals surface area (Å²) in [7, 11) is 0. The van der Waals surface area contributed by atoms with E-state index in [4.69, 9.17) is 0 Å². The van der Waals surface area contributed by atoms with Crippen LogP contribution in [0, 0.1) is 0 Å². The first-order valence-electron chi connectivity index (χ1n) is 12.0. The predicted molar refractivity (Wildman–Crippen MR) is 146 cm³/mol. The van der Waals surface area contributed by atoms with Gasteiger partial charge in [0.2, 0.25) is 5.95 Å². The smallest absolute Gasteiger partial charge is 0.237 e. The molecule has 0 amide bonds. The summed E-state index contributed by atoms with van der Waals surface area (Å²) in [6.45, 7) is 0. The lowest BCUT2D eigenvalue weighted by atomic mass is 10.0. The van der Waals surface area contributed by atoms with Gasteiger partial charge in [-0.3, -0.25) is 4.57 Å². The molecule has 0 radical (unpaired) electrons. The van der Waals surface area contributed by atoms with Crippen molar-refractivity contribution in [3.63, 3.8) is 0 Å². The Morgan fingerprint density at radius 3 is 1.92 bits per heavy atom. The molecule has 5 aromatic carbocycles. The molecule has 8 aromatic rings. The lowest BCUT2D eigenvalue weighted by molar-refractivity contribution is 0.941. The summed E-state index contributed by atoms with van der Waals surface area (Å²) in [4.78, 5) is 13.1. The molecule has 0 saturated heterocycles. The zero-order chi connectivity index (χ0) is 23.6. The highest BCUT2D eigenvalue weighted by molar-refractivity contribution is 6.22. The minimum Gasteiger partial charge on any atom is -0.309 e. The van der Waals surface area contributed by atoms with E-state index in [9.17, 15) is 0 Å². The van der Waals surface area contributed by atoms with Crippen molar-refractivity contribution >= 4 is 54.4 Å². The largest absolute Gasteiger partial charge is 0.309 e. The van der Waals surface area contributed by atoms with Crippen LogP contribution in [0.4, 0.5) is 0 Å². The molecule has 0 N–H and O–H groups in total. The second-order valence-electron chi connectivity index (χ2n) is 9.03. The van der Waals surface area contributed by atoms with Gasteiger partial charge in [0.15, 0.2) is 0 Å².